The Morgan fingerprint density at radius 2 is 1.87 bits per heavy atom. The molecule has 1 aliphatic carbocycles. The molecule has 23 heavy (non-hydrogen) atoms. The van der Waals surface area contributed by atoms with Crippen LogP contribution in [-0.2, 0) is 25.4 Å². The van der Waals surface area contributed by atoms with Crippen LogP contribution in [0.2, 0.25) is 0 Å². The average molecular weight is 320 g/mol. The van der Waals surface area contributed by atoms with Crippen LogP contribution in [0.4, 0.5) is 0 Å². The highest BCUT2D eigenvalue weighted by atomic mass is 16.5. The Bertz CT molecular complexity index is 676. The van der Waals surface area contributed by atoms with Gasteiger partial charge < -0.3 is 18.9 Å². The van der Waals surface area contributed by atoms with E-state index in [1.165, 1.54) is 27.2 Å². The van der Waals surface area contributed by atoms with E-state index in [4.69, 9.17) is 18.9 Å². The van der Waals surface area contributed by atoms with Gasteiger partial charge in [0, 0.05) is 20.5 Å². The van der Waals surface area contributed by atoms with E-state index in [0.717, 1.165) is 5.56 Å². The molecule has 0 N–H and O–H groups in total. The van der Waals surface area contributed by atoms with E-state index in [9.17, 15) is 9.59 Å². The average Bonchev–Trinajstić information content (AvgIpc) is 2.52. The zero-order chi connectivity index (χ0) is 17.2. The van der Waals surface area contributed by atoms with Gasteiger partial charge in [0.25, 0.3) is 0 Å². The minimum Gasteiger partial charge on any atom is -0.496 e. The van der Waals surface area contributed by atoms with Gasteiger partial charge >= 0.3 is 11.9 Å². The van der Waals surface area contributed by atoms with Crippen LogP contribution in [0.25, 0.3) is 5.76 Å². The molecule has 124 valence electrons. The van der Waals surface area contributed by atoms with Crippen LogP contribution in [0, 0.1) is 0 Å². The second-order valence-electron chi connectivity index (χ2n) is 5.50. The molecule has 0 radical (unpaired) electrons. The number of hydrogen-bond donors (Lipinski definition) is 0. The number of rotatable bonds is 4. The Hall–Kier alpha value is -2.34. The van der Waals surface area contributed by atoms with E-state index in [1.807, 2.05) is 13.0 Å². The number of fused-ring (bicyclic) bond motifs is 1. The number of benzene rings is 1. The fourth-order valence-corrected chi connectivity index (χ4v) is 2.63. The zero-order valence-electron chi connectivity index (χ0n) is 13.9. The van der Waals surface area contributed by atoms with Crippen molar-refractivity contribution in [2.75, 3.05) is 21.3 Å². The third kappa shape index (κ3) is 3.37. The molecule has 0 spiro atoms. The van der Waals surface area contributed by atoms with Crippen molar-refractivity contribution >= 4 is 17.7 Å². The topological polar surface area (TPSA) is 71.1 Å². The minimum atomic E-state index is -0.583. The summed E-state index contributed by atoms with van der Waals surface area (Å²) in [7, 11) is 4.43. The molecule has 6 nitrogen and oxygen atoms in total. The van der Waals surface area contributed by atoms with Gasteiger partial charge in [-0.2, -0.15) is 0 Å². The van der Waals surface area contributed by atoms with Crippen molar-refractivity contribution in [2.45, 2.75) is 25.9 Å². The highest BCUT2D eigenvalue weighted by Crippen LogP contribution is 2.40. The smallest absolute Gasteiger partial charge is 0.337 e. The van der Waals surface area contributed by atoms with Crippen molar-refractivity contribution in [3.63, 3.8) is 0 Å². The lowest BCUT2D eigenvalue weighted by molar-refractivity contribution is -0.131. The molecule has 1 aromatic carbocycles. The monoisotopic (exact) mass is 320 g/mol. The second kappa shape index (κ2) is 6.42. The number of carbonyl (C=O) groups excluding carboxylic acids is 2. The van der Waals surface area contributed by atoms with Crippen molar-refractivity contribution in [3.8, 4) is 5.75 Å². The van der Waals surface area contributed by atoms with Gasteiger partial charge in [-0.15, -0.1) is 0 Å². The van der Waals surface area contributed by atoms with E-state index < -0.39 is 17.5 Å². The largest absolute Gasteiger partial charge is 0.496 e. The van der Waals surface area contributed by atoms with Gasteiger partial charge in [0.1, 0.15) is 11.5 Å². The van der Waals surface area contributed by atoms with Crippen LogP contribution in [0.3, 0.4) is 0 Å². The third-order valence-electron chi connectivity index (χ3n) is 3.77. The first-order valence-electron chi connectivity index (χ1n) is 7.09. The van der Waals surface area contributed by atoms with Crippen molar-refractivity contribution < 1.29 is 28.5 Å². The second-order valence-corrected chi connectivity index (χ2v) is 5.50. The van der Waals surface area contributed by atoms with E-state index in [1.54, 1.807) is 13.2 Å². The molecular weight excluding hydrogens is 300 g/mol. The first-order valence-corrected chi connectivity index (χ1v) is 7.09. The number of hydrogen-bond acceptors (Lipinski definition) is 6. The van der Waals surface area contributed by atoms with Crippen LogP contribution < -0.4 is 4.74 Å². The van der Waals surface area contributed by atoms with Crippen LogP contribution in [0.1, 0.15) is 35.3 Å². The highest BCUT2D eigenvalue weighted by molar-refractivity contribution is 5.92. The summed E-state index contributed by atoms with van der Waals surface area (Å²) in [5.74, 6) is -0.191. The number of carbonyl (C=O) groups is 2. The molecule has 0 heterocycles. The maximum atomic E-state index is 11.9. The van der Waals surface area contributed by atoms with Crippen molar-refractivity contribution in [1.82, 2.24) is 0 Å². The van der Waals surface area contributed by atoms with Crippen LogP contribution in [0.15, 0.2) is 18.2 Å². The minimum absolute atomic E-state index is 0.265. The van der Waals surface area contributed by atoms with E-state index in [2.05, 4.69) is 0 Å². The molecule has 6 heteroatoms. The van der Waals surface area contributed by atoms with E-state index in [-0.39, 0.29) is 5.75 Å². The van der Waals surface area contributed by atoms with Gasteiger partial charge in [-0.3, -0.25) is 4.79 Å². The fourth-order valence-electron chi connectivity index (χ4n) is 2.63. The van der Waals surface area contributed by atoms with Crippen LogP contribution in [-0.4, -0.2) is 38.9 Å². The highest BCUT2D eigenvalue weighted by Gasteiger charge is 2.33. The summed E-state index contributed by atoms with van der Waals surface area (Å²) in [6.45, 7) is 3.21. The van der Waals surface area contributed by atoms with Crippen LogP contribution >= 0.6 is 0 Å². The van der Waals surface area contributed by atoms with Crippen molar-refractivity contribution in [1.29, 1.82) is 0 Å². The molecule has 1 aliphatic rings. The van der Waals surface area contributed by atoms with Gasteiger partial charge in [0.2, 0.25) is 0 Å². The summed E-state index contributed by atoms with van der Waals surface area (Å²) in [5.41, 5.74) is 1.15. The van der Waals surface area contributed by atoms with E-state index in [0.29, 0.717) is 23.3 Å². The summed E-state index contributed by atoms with van der Waals surface area (Å²) in [4.78, 5) is 23.3. The fraction of sp³-hybridized carbons (Fsp3) is 0.412. The summed E-state index contributed by atoms with van der Waals surface area (Å²) < 4.78 is 21.0. The van der Waals surface area contributed by atoms with Gasteiger partial charge in [-0.05, 0) is 30.7 Å². The zero-order valence-corrected chi connectivity index (χ0v) is 13.9. The number of methoxy groups -OCH3 is 3. The Balaban J connectivity index is 2.67. The molecule has 2 rings (SSSR count). The summed E-state index contributed by atoms with van der Waals surface area (Å²) >= 11 is 0. The molecule has 0 saturated carbocycles. The van der Waals surface area contributed by atoms with Crippen LogP contribution in [0.5, 0.6) is 5.75 Å². The lowest BCUT2D eigenvalue weighted by Gasteiger charge is -2.32. The lowest BCUT2D eigenvalue weighted by atomic mass is 9.84. The molecule has 1 unspecified atom stereocenters. The lowest BCUT2D eigenvalue weighted by Crippen LogP contribution is -2.32. The Labute approximate surface area is 135 Å². The molecule has 0 aromatic heterocycles. The maximum Gasteiger partial charge on any atom is 0.337 e. The quantitative estimate of drug-likeness (QED) is 0.626. The predicted octanol–water partition coefficient (Wildman–Crippen LogP) is 2.35. The first-order chi connectivity index (χ1) is 10.8. The molecule has 0 bridgehead atoms. The first kappa shape index (κ1) is 17.0. The number of ether oxygens (including phenoxy) is 4. The third-order valence-corrected chi connectivity index (χ3v) is 3.77. The summed E-state index contributed by atoms with van der Waals surface area (Å²) in [6.07, 6.45) is 2.34. The molecule has 1 aromatic rings. The predicted molar refractivity (Wildman–Crippen MR) is 83.2 cm³/mol. The summed E-state index contributed by atoms with van der Waals surface area (Å²) in [5, 5.41) is 0. The van der Waals surface area contributed by atoms with Crippen molar-refractivity contribution in [3.05, 3.63) is 34.9 Å². The number of esters is 2. The van der Waals surface area contributed by atoms with Crippen molar-refractivity contribution in [2.24, 2.45) is 0 Å². The molecule has 0 amide bonds. The molecule has 0 fully saturated rings. The Kier molecular flexibility index (Phi) is 4.75. The normalized spacial score (nSPS) is 19.4. The Morgan fingerprint density at radius 3 is 2.39 bits per heavy atom. The Morgan fingerprint density at radius 1 is 1.17 bits per heavy atom. The molecule has 0 aliphatic heterocycles. The summed E-state index contributed by atoms with van der Waals surface area (Å²) in [6, 6.07) is 3.19. The van der Waals surface area contributed by atoms with Gasteiger partial charge in [0.15, 0.2) is 0 Å². The SMILES string of the molecule is COC(=O)c1cc2c(c(OC(C)=O)c1)C(OC)=CC(C)(OC)C2. The molecule has 0 saturated heterocycles. The maximum absolute atomic E-state index is 11.9. The van der Waals surface area contributed by atoms with Gasteiger partial charge in [0.05, 0.1) is 30.9 Å². The van der Waals surface area contributed by atoms with E-state index >= 15 is 0 Å². The molecular formula is C17H20O6. The van der Waals surface area contributed by atoms with Gasteiger partial charge in [-0.1, -0.05) is 0 Å². The molecule has 1 atom stereocenters. The standard InChI is InChI=1S/C17H20O6/c1-10(18)23-13-7-11(16(19)21-4)6-12-8-17(2,22-5)9-14(20-3)15(12)13/h6-7,9H,8H2,1-5H3. The van der Waals surface area contributed by atoms with Gasteiger partial charge in [-0.25, -0.2) is 4.79 Å².